The van der Waals surface area contributed by atoms with Crippen molar-refractivity contribution in [1.82, 2.24) is 10.2 Å². The smallest absolute Gasteiger partial charge is 0.234 e. The summed E-state index contributed by atoms with van der Waals surface area (Å²) in [6, 6.07) is 15.1. The molecule has 1 unspecified atom stereocenters. The molecule has 0 aromatic heterocycles. The highest BCUT2D eigenvalue weighted by atomic mass is 16.2. The van der Waals surface area contributed by atoms with Gasteiger partial charge in [-0.25, -0.2) is 0 Å². The highest BCUT2D eigenvalue weighted by Crippen LogP contribution is 2.27. The Balaban J connectivity index is 1.61. The summed E-state index contributed by atoms with van der Waals surface area (Å²) in [4.78, 5) is 14.8. The van der Waals surface area contributed by atoms with Crippen LogP contribution in [0.1, 0.15) is 44.2 Å². The van der Waals surface area contributed by atoms with E-state index in [0.29, 0.717) is 12.6 Å². The van der Waals surface area contributed by atoms with E-state index < -0.39 is 0 Å². The maximum atomic E-state index is 12.5. The average molecular weight is 340 g/mol. The van der Waals surface area contributed by atoms with E-state index in [2.05, 4.69) is 34.5 Å². The van der Waals surface area contributed by atoms with Crippen LogP contribution in [0.15, 0.2) is 42.5 Å². The number of hydrogen-bond donors (Lipinski definition) is 2. The zero-order valence-corrected chi connectivity index (χ0v) is 14.9. The van der Waals surface area contributed by atoms with Gasteiger partial charge in [-0.3, -0.25) is 9.69 Å². The monoisotopic (exact) mass is 340 g/mol. The van der Waals surface area contributed by atoms with Crippen LogP contribution in [-0.4, -0.2) is 41.7 Å². The summed E-state index contributed by atoms with van der Waals surface area (Å²) in [7, 11) is 0. The van der Waals surface area contributed by atoms with Gasteiger partial charge in [-0.15, -0.1) is 0 Å². The van der Waals surface area contributed by atoms with Crippen molar-refractivity contribution in [3.05, 3.63) is 48.0 Å². The first-order valence-corrected chi connectivity index (χ1v) is 9.31. The number of aliphatic hydroxyl groups excluding tert-OH is 1. The Labute approximate surface area is 149 Å². The van der Waals surface area contributed by atoms with Gasteiger partial charge in [-0.05, 0) is 55.5 Å². The summed E-state index contributed by atoms with van der Waals surface area (Å²) in [6.07, 6.45) is 4.12. The van der Waals surface area contributed by atoms with Crippen molar-refractivity contribution in [2.45, 2.75) is 44.7 Å². The number of nitrogens with zero attached hydrogens (tertiary/aromatic N) is 1. The lowest BCUT2D eigenvalue weighted by molar-refractivity contribution is -0.123. The summed E-state index contributed by atoms with van der Waals surface area (Å²) in [5, 5.41) is 14.5. The maximum Gasteiger partial charge on any atom is 0.234 e. The van der Waals surface area contributed by atoms with E-state index in [-0.39, 0.29) is 18.6 Å². The molecule has 134 valence electrons. The molecule has 1 saturated carbocycles. The fourth-order valence-corrected chi connectivity index (χ4v) is 3.43. The Morgan fingerprint density at radius 3 is 2.72 bits per heavy atom. The van der Waals surface area contributed by atoms with Gasteiger partial charge in [0.25, 0.3) is 0 Å². The SMILES string of the molecule is CC(NC(=O)CN(CCCCO)C1CC1)c1cccc2ccccc12. The van der Waals surface area contributed by atoms with Gasteiger partial charge in [-0.1, -0.05) is 42.5 Å². The van der Waals surface area contributed by atoms with Crippen molar-refractivity contribution < 1.29 is 9.90 Å². The normalized spacial score (nSPS) is 15.5. The standard InChI is InChI=1S/C21H28N2O2/c1-16(19-10-6-8-17-7-2-3-9-20(17)19)22-21(25)15-23(18-11-12-18)13-4-5-14-24/h2-3,6-10,16,18,24H,4-5,11-15H2,1H3,(H,22,25). The number of aliphatic hydroxyl groups is 1. The molecule has 1 amide bonds. The topological polar surface area (TPSA) is 52.6 Å². The van der Waals surface area contributed by atoms with Crippen molar-refractivity contribution in [3.8, 4) is 0 Å². The summed E-state index contributed by atoms with van der Waals surface area (Å²) < 4.78 is 0. The van der Waals surface area contributed by atoms with Gasteiger partial charge in [0.1, 0.15) is 0 Å². The molecular weight excluding hydrogens is 312 g/mol. The first-order chi connectivity index (χ1) is 12.2. The number of unbranched alkanes of at least 4 members (excludes halogenated alkanes) is 1. The molecule has 1 fully saturated rings. The average Bonchev–Trinajstić information content (AvgIpc) is 3.45. The van der Waals surface area contributed by atoms with Crippen molar-refractivity contribution in [3.63, 3.8) is 0 Å². The van der Waals surface area contributed by atoms with Gasteiger partial charge in [-0.2, -0.15) is 0 Å². The lowest BCUT2D eigenvalue weighted by atomic mass is 10.00. The Hall–Kier alpha value is -1.91. The number of carbonyl (C=O) groups excluding carboxylic acids is 1. The molecule has 1 aliphatic rings. The van der Waals surface area contributed by atoms with Crippen LogP contribution in [0.25, 0.3) is 10.8 Å². The van der Waals surface area contributed by atoms with Crippen LogP contribution in [0, 0.1) is 0 Å². The summed E-state index contributed by atoms with van der Waals surface area (Å²) in [6.45, 7) is 3.61. The minimum Gasteiger partial charge on any atom is -0.396 e. The fourth-order valence-electron chi connectivity index (χ4n) is 3.43. The van der Waals surface area contributed by atoms with E-state index in [1.165, 1.54) is 23.6 Å². The molecule has 0 heterocycles. The molecule has 2 aromatic rings. The molecule has 3 rings (SSSR count). The summed E-state index contributed by atoms with van der Waals surface area (Å²) in [5.74, 6) is 0.0799. The van der Waals surface area contributed by atoms with E-state index >= 15 is 0 Å². The third-order valence-electron chi connectivity index (χ3n) is 4.93. The zero-order valence-electron chi connectivity index (χ0n) is 14.9. The van der Waals surface area contributed by atoms with Crippen LogP contribution < -0.4 is 5.32 Å². The van der Waals surface area contributed by atoms with E-state index in [1.807, 2.05) is 25.1 Å². The molecule has 2 N–H and O–H groups in total. The second kappa shape index (κ2) is 8.45. The number of nitrogens with one attached hydrogen (secondary N) is 1. The van der Waals surface area contributed by atoms with Crippen LogP contribution in [0.4, 0.5) is 0 Å². The van der Waals surface area contributed by atoms with Crippen molar-refractivity contribution in [2.75, 3.05) is 19.7 Å². The van der Waals surface area contributed by atoms with Gasteiger partial charge in [0.05, 0.1) is 12.6 Å². The van der Waals surface area contributed by atoms with E-state index in [0.717, 1.165) is 24.9 Å². The van der Waals surface area contributed by atoms with Gasteiger partial charge < -0.3 is 10.4 Å². The van der Waals surface area contributed by atoms with Crippen molar-refractivity contribution in [1.29, 1.82) is 0 Å². The van der Waals surface area contributed by atoms with Crippen LogP contribution in [0.5, 0.6) is 0 Å². The summed E-state index contributed by atoms with van der Waals surface area (Å²) in [5.41, 5.74) is 1.16. The van der Waals surface area contributed by atoms with Crippen molar-refractivity contribution in [2.24, 2.45) is 0 Å². The molecule has 4 heteroatoms. The first-order valence-electron chi connectivity index (χ1n) is 9.31. The van der Waals surface area contributed by atoms with E-state index in [4.69, 9.17) is 5.11 Å². The molecule has 2 aromatic carbocycles. The Morgan fingerprint density at radius 2 is 1.96 bits per heavy atom. The highest BCUT2D eigenvalue weighted by Gasteiger charge is 2.30. The fraction of sp³-hybridized carbons (Fsp3) is 0.476. The van der Waals surface area contributed by atoms with E-state index in [1.54, 1.807) is 0 Å². The van der Waals surface area contributed by atoms with Gasteiger partial charge in [0.2, 0.25) is 5.91 Å². The van der Waals surface area contributed by atoms with Crippen LogP contribution in [0.3, 0.4) is 0 Å². The Kier molecular flexibility index (Phi) is 6.05. The third-order valence-corrected chi connectivity index (χ3v) is 4.93. The minimum atomic E-state index is -0.0166. The third kappa shape index (κ3) is 4.80. The second-order valence-electron chi connectivity index (χ2n) is 6.99. The Morgan fingerprint density at radius 1 is 1.20 bits per heavy atom. The maximum absolute atomic E-state index is 12.5. The molecule has 0 radical (unpaired) electrons. The molecule has 1 aliphatic carbocycles. The molecule has 25 heavy (non-hydrogen) atoms. The predicted molar refractivity (Wildman–Crippen MR) is 101 cm³/mol. The van der Waals surface area contributed by atoms with Crippen molar-refractivity contribution >= 4 is 16.7 Å². The number of fused-ring (bicyclic) bond motifs is 1. The molecule has 1 atom stereocenters. The molecule has 0 saturated heterocycles. The minimum absolute atomic E-state index is 0.0166. The van der Waals surface area contributed by atoms with Gasteiger partial charge in [0.15, 0.2) is 0 Å². The largest absolute Gasteiger partial charge is 0.396 e. The predicted octanol–water partition coefficient (Wildman–Crippen LogP) is 3.25. The van der Waals surface area contributed by atoms with E-state index in [9.17, 15) is 4.79 Å². The zero-order chi connectivity index (χ0) is 17.6. The second-order valence-corrected chi connectivity index (χ2v) is 6.99. The van der Waals surface area contributed by atoms with Crippen LogP contribution in [-0.2, 0) is 4.79 Å². The van der Waals surface area contributed by atoms with Gasteiger partial charge >= 0.3 is 0 Å². The van der Waals surface area contributed by atoms with Crippen LogP contribution >= 0.6 is 0 Å². The number of benzene rings is 2. The lowest BCUT2D eigenvalue weighted by Crippen LogP contribution is -2.40. The Bertz CT molecular complexity index is 707. The number of carbonyl (C=O) groups is 1. The number of rotatable bonds is 9. The first kappa shape index (κ1) is 17.9. The van der Waals surface area contributed by atoms with Gasteiger partial charge in [0, 0.05) is 12.6 Å². The number of amides is 1. The molecule has 0 aliphatic heterocycles. The summed E-state index contributed by atoms with van der Waals surface area (Å²) >= 11 is 0. The number of hydrogen-bond acceptors (Lipinski definition) is 3. The highest BCUT2D eigenvalue weighted by molar-refractivity contribution is 5.87. The van der Waals surface area contributed by atoms with Crippen LogP contribution in [0.2, 0.25) is 0 Å². The molecular formula is C21H28N2O2. The lowest BCUT2D eigenvalue weighted by Gasteiger charge is -2.23. The quantitative estimate of drug-likeness (QED) is 0.689. The molecule has 0 bridgehead atoms. The molecule has 4 nitrogen and oxygen atoms in total. The molecule has 0 spiro atoms.